The molecule has 0 spiro atoms. The number of hydrogen-bond donors (Lipinski definition) is 1. The first kappa shape index (κ1) is 19.7. The third-order valence-electron chi connectivity index (χ3n) is 6.51. The molecule has 0 fully saturated rings. The minimum Gasteiger partial charge on any atom is -0.330 e. The van der Waals surface area contributed by atoms with Crippen molar-refractivity contribution in [2.75, 3.05) is 6.54 Å². The molecular weight excluding hydrogens is 381 g/mol. The lowest BCUT2D eigenvalue weighted by Crippen LogP contribution is -2.28. The van der Waals surface area contributed by atoms with Crippen molar-refractivity contribution in [3.8, 4) is 11.1 Å². The van der Waals surface area contributed by atoms with Crippen LogP contribution in [0.3, 0.4) is 0 Å². The molecule has 0 aliphatic heterocycles. The predicted molar refractivity (Wildman–Crippen MR) is 126 cm³/mol. The van der Waals surface area contributed by atoms with E-state index in [4.69, 9.17) is 5.73 Å². The molecule has 154 valence electrons. The van der Waals surface area contributed by atoms with Crippen molar-refractivity contribution in [2.24, 2.45) is 5.73 Å². The highest BCUT2D eigenvalue weighted by Gasteiger charge is 2.45. The van der Waals surface area contributed by atoms with E-state index in [1.165, 1.54) is 33.4 Å². The molecule has 1 nitrogen and oxygen atoms in total. The molecule has 0 saturated heterocycles. The number of rotatable bonds is 6. The average molecular weight is 408 g/mol. The van der Waals surface area contributed by atoms with Gasteiger partial charge in [0.25, 0.3) is 0 Å². The molecule has 0 radical (unpaired) electrons. The topological polar surface area (TPSA) is 26.0 Å². The summed E-state index contributed by atoms with van der Waals surface area (Å²) < 4.78 is 13.9. The highest BCUT2D eigenvalue weighted by atomic mass is 19.1. The van der Waals surface area contributed by atoms with Crippen LogP contribution in [0.25, 0.3) is 11.1 Å². The Hall–Kier alpha value is -3.23. The summed E-state index contributed by atoms with van der Waals surface area (Å²) in [5.74, 6) is -0.214. The standard InChI is InChI=1S/C29H26FN/c30-24-16-14-23(15-17-24)29(22-9-2-1-3-10-22)27-12-5-4-11-25(27)26-18-13-21(20-28(26)29)8-6-7-19-31/h1-5,9-18,20H,6-8,19,31H2. The number of unbranched alkanes of at least 4 members (excludes halogenated alkanes) is 1. The van der Waals surface area contributed by atoms with Crippen molar-refractivity contribution in [2.45, 2.75) is 24.7 Å². The normalized spacial score (nSPS) is 16.7. The zero-order valence-corrected chi connectivity index (χ0v) is 17.5. The van der Waals surface area contributed by atoms with E-state index in [-0.39, 0.29) is 5.82 Å². The summed E-state index contributed by atoms with van der Waals surface area (Å²) in [6.07, 6.45) is 3.12. The number of nitrogens with two attached hydrogens (primary N) is 1. The smallest absolute Gasteiger partial charge is 0.123 e. The summed E-state index contributed by atoms with van der Waals surface area (Å²) in [6.45, 7) is 0.722. The Morgan fingerprint density at radius 2 is 1.32 bits per heavy atom. The van der Waals surface area contributed by atoms with Gasteiger partial charge in [-0.1, -0.05) is 84.9 Å². The number of benzene rings is 4. The van der Waals surface area contributed by atoms with Gasteiger partial charge in [-0.15, -0.1) is 0 Å². The first-order valence-corrected chi connectivity index (χ1v) is 11.0. The Labute approximate surface area is 183 Å². The molecule has 4 aromatic carbocycles. The second-order valence-corrected chi connectivity index (χ2v) is 8.29. The molecule has 31 heavy (non-hydrogen) atoms. The summed E-state index contributed by atoms with van der Waals surface area (Å²) in [7, 11) is 0. The molecule has 0 aromatic heterocycles. The van der Waals surface area contributed by atoms with E-state index < -0.39 is 5.41 Å². The summed E-state index contributed by atoms with van der Waals surface area (Å²) in [5, 5.41) is 0. The van der Waals surface area contributed by atoms with Gasteiger partial charge in [-0.05, 0) is 76.9 Å². The fourth-order valence-electron chi connectivity index (χ4n) is 5.13. The van der Waals surface area contributed by atoms with Gasteiger partial charge in [0.1, 0.15) is 5.82 Å². The fourth-order valence-corrected chi connectivity index (χ4v) is 5.13. The number of fused-ring (bicyclic) bond motifs is 3. The largest absolute Gasteiger partial charge is 0.330 e. The third-order valence-corrected chi connectivity index (χ3v) is 6.51. The maximum Gasteiger partial charge on any atom is 0.123 e. The summed E-state index contributed by atoms with van der Waals surface area (Å²) >= 11 is 0. The van der Waals surface area contributed by atoms with Crippen molar-refractivity contribution < 1.29 is 4.39 Å². The molecule has 0 heterocycles. The molecule has 0 bridgehead atoms. The van der Waals surface area contributed by atoms with Gasteiger partial charge in [-0.3, -0.25) is 0 Å². The van der Waals surface area contributed by atoms with Gasteiger partial charge in [0.05, 0.1) is 5.41 Å². The van der Waals surface area contributed by atoms with Crippen molar-refractivity contribution in [3.63, 3.8) is 0 Å². The van der Waals surface area contributed by atoms with Gasteiger partial charge >= 0.3 is 0 Å². The summed E-state index contributed by atoms with van der Waals surface area (Å²) in [5.41, 5.74) is 13.9. The summed E-state index contributed by atoms with van der Waals surface area (Å²) in [4.78, 5) is 0. The second kappa shape index (κ2) is 8.13. The quantitative estimate of drug-likeness (QED) is 0.321. The van der Waals surface area contributed by atoms with Crippen LogP contribution in [-0.2, 0) is 11.8 Å². The van der Waals surface area contributed by atoms with E-state index in [0.717, 1.165) is 31.4 Å². The van der Waals surface area contributed by atoms with Crippen molar-refractivity contribution >= 4 is 0 Å². The Morgan fingerprint density at radius 3 is 2.10 bits per heavy atom. The lowest BCUT2D eigenvalue weighted by molar-refractivity contribution is 0.625. The fraction of sp³-hybridized carbons (Fsp3) is 0.172. The van der Waals surface area contributed by atoms with Crippen LogP contribution in [0, 0.1) is 5.82 Å². The van der Waals surface area contributed by atoms with Gasteiger partial charge in [0, 0.05) is 0 Å². The lowest BCUT2D eigenvalue weighted by atomic mass is 9.67. The van der Waals surface area contributed by atoms with Crippen molar-refractivity contribution in [1.29, 1.82) is 0 Å². The lowest BCUT2D eigenvalue weighted by Gasteiger charge is -2.34. The van der Waals surface area contributed by atoms with Gasteiger partial charge < -0.3 is 5.73 Å². The van der Waals surface area contributed by atoms with E-state index in [9.17, 15) is 4.39 Å². The average Bonchev–Trinajstić information content (AvgIpc) is 3.11. The van der Waals surface area contributed by atoms with E-state index in [0.29, 0.717) is 0 Å². The highest BCUT2D eigenvalue weighted by molar-refractivity contribution is 5.86. The monoisotopic (exact) mass is 407 g/mol. The van der Waals surface area contributed by atoms with E-state index in [2.05, 4.69) is 66.7 Å². The molecule has 2 N–H and O–H groups in total. The van der Waals surface area contributed by atoms with Crippen LogP contribution in [0.2, 0.25) is 0 Å². The van der Waals surface area contributed by atoms with Crippen LogP contribution in [-0.4, -0.2) is 6.54 Å². The van der Waals surface area contributed by atoms with Crippen LogP contribution in [0.4, 0.5) is 4.39 Å². The predicted octanol–water partition coefficient (Wildman–Crippen LogP) is 6.47. The van der Waals surface area contributed by atoms with Crippen LogP contribution < -0.4 is 5.73 Å². The molecule has 0 saturated carbocycles. The van der Waals surface area contributed by atoms with Gasteiger partial charge in [-0.2, -0.15) is 0 Å². The first-order valence-electron chi connectivity index (χ1n) is 11.0. The second-order valence-electron chi connectivity index (χ2n) is 8.29. The first-order chi connectivity index (χ1) is 15.2. The Morgan fingerprint density at radius 1 is 0.645 bits per heavy atom. The zero-order chi connectivity index (χ0) is 21.3. The maximum atomic E-state index is 13.9. The molecule has 1 aliphatic carbocycles. The molecule has 4 aromatic rings. The third kappa shape index (κ3) is 3.19. The number of aryl methyl sites for hydroxylation is 1. The molecular formula is C29H26FN. The molecule has 5 rings (SSSR count). The maximum absolute atomic E-state index is 13.9. The molecule has 2 heteroatoms. The molecule has 1 atom stereocenters. The van der Waals surface area contributed by atoms with Crippen LogP contribution in [0.1, 0.15) is 40.7 Å². The SMILES string of the molecule is NCCCCc1ccc2c(c1)C(c1ccccc1)(c1ccc(F)cc1)c1ccccc1-2. The van der Waals surface area contributed by atoms with Gasteiger partial charge in [-0.25, -0.2) is 4.39 Å². The highest BCUT2D eigenvalue weighted by Crippen LogP contribution is 2.56. The minimum absolute atomic E-state index is 0.214. The molecule has 1 aliphatic rings. The van der Waals surface area contributed by atoms with Crippen LogP contribution >= 0.6 is 0 Å². The van der Waals surface area contributed by atoms with E-state index in [1.54, 1.807) is 12.1 Å². The van der Waals surface area contributed by atoms with Crippen LogP contribution in [0.15, 0.2) is 97.1 Å². The molecule has 0 amide bonds. The minimum atomic E-state index is -0.467. The van der Waals surface area contributed by atoms with Gasteiger partial charge in [0.2, 0.25) is 0 Å². The van der Waals surface area contributed by atoms with Crippen molar-refractivity contribution in [1.82, 2.24) is 0 Å². The number of halogens is 1. The zero-order valence-electron chi connectivity index (χ0n) is 17.5. The van der Waals surface area contributed by atoms with Crippen LogP contribution in [0.5, 0.6) is 0 Å². The Balaban J connectivity index is 1.81. The Bertz CT molecular complexity index is 1200. The number of hydrogen-bond acceptors (Lipinski definition) is 1. The molecule has 1 unspecified atom stereocenters. The Kier molecular flexibility index (Phi) is 5.17. The summed E-state index contributed by atoms with van der Waals surface area (Å²) in [6, 6.07) is 33.1. The van der Waals surface area contributed by atoms with E-state index >= 15 is 0 Å². The van der Waals surface area contributed by atoms with Crippen molar-refractivity contribution in [3.05, 3.63) is 131 Å². The van der Waals surface area contributed by atoms with Gasteiger partial charge in [0.15, 0.2) is 0 Å². The van der Waals surface area contributed by atoms with E-state index in [1.807, 2.05) is 18.2 Å².